The maximum absolute atomic E-state index is 13.0. The number of hydrogen-bond acceptors (Lipinski definition) is 3. The number of hydrogen-bond donors (Lipinski definition) is 2. The van der Waals surface area contributed by atoms with Gasteiger partial charge < -0.3 is 10.2 Å². The fourth-order valence-electron chi connectivity index (χ4n) is 1.42. The van der Waals surface area contributed by atoms with Gasteiger partial charge in [0.2, 0.25) is 0 Å². The summed E-state index contributed by atoms with van der Waals surface area (Å²) in [5.41, 5.74) is 0. The summed E-state index contributed by atoms with van der Waals surface area (Å²) in [6.45, 7) is 1.78. The van der Waals surface area contributed by atoms with Gasteiger partial charge in [0.25, 0.3) is 0 Å². The van der Waals surface area contributed by atoms with Gasteiger partial charge in [0.05, 0.1) is 6.61 Å². The third kappa shape index (κ3) is 2.73. The fraction of sp³-hybridized carbons (Fsp3) is 1.00. The lowest BCUT2D eigenvalue weighted by molar-refractivity contribution is 0.0480. The molecule has 11 heavy (non-hydrogen) atoms. The van der Waals surface area contributed by atoms with Gasteiger partial charge in [-0.25, -0.2) is 10.3 Å². The van der Waals surface area contributed by atoms with E-state index in [-0.39, 0.29) is 12.5 Å². The maximum Gasteiger partial charge on any atom is 0.129 e. The zero-order valence-electron chi connectivity index (χ0n) is 6.55. The Morgan fingerprint density at radius 2 is 2.55 bits per heavy atom. The summed E-state index contributed by atoms with van der Waals surface area (Å²) in [6, 6.07) is 0. The predicted octanol–water partition coefficient (Wildman–Crippen LogP) is 0.214. The highest BCUT2D eigenvalue weighted by molar-refractivity contribution is 4.75. The first-order valence-electron chi connectivity index (χ1n) is 4.01. The van der Waals surface area contributed by atoms with Crippen molar-refractivity contribution >= 4 is 0 Å². The van der Waals surface area contributed by atoms with Gasteiger partial charge in [0.1, 0.15) is 6.17 Å². The van der Waals surface area contributed by atoms with Crippen LogP contribution in [-0.4, -0.2) is 25.9 Å². The van der Waals surface area contributed by atoms with Gasteiger partial charge in [-0.1, -0.05) is 0 Å². The summed E-state index contributed by atoms with van der Waals surface area (Å²) in [5.74, 6) is 4.87. The number of rotatable bonds is 3. The van der Waals surface area contributed by atoms with E-state index in [1.54, 1.807) is 0 Å². The first-order chi connectivity index (χ1) is 5.34. The molecule has 3 N–H and O–H groups in total. The van der Waals surface area contributed by atoms with Crippen LogP contribution in [0.3, 0.4) is 0 Å². The van der Waals surface area contributed by atoms with Crippen molar-refractivity contribution in [3.05, 3.63) is 0 Å². The minimum Gasteiger partial charge on any atom is -0.316 e. The molecular formula is C7H15FN2O. The van der Waals surface area contributed by atoms with E-state index in [1.807, 2.05) is 0 Å². The first kappa shape index (κ1) is 8.90. The van der Waals surface area contributed by atoms with Gasteiger partial charge in [-0.2, -0.15) is 0 Å². The lowest BCUT2D eigenvalue weighted by atomic mass is 9.95. The standard InChI is InChI=1S/C7H15FN2O/c8-7(5-11-9)6-2-1-3-10-4-6/h6-7,10H,1-5,9H2. The molecule has 4 heteroatoms. The van der Waals surface area contributed by atoms with Crippen LogP contribution in [0.4, 0.5) is 4.39 Å². The summed E-state index contributed by atoms with van der Waals surface area (Å²) in [4.78, 5) is 4.25. The van der Waals surface area contributed by atoms with Crippen LogP contribution in [0.2, 0.25) is 0 Å². The Hall–Kier alpha value is -0.190. The normalized spacial score (nSPS) is 28.4. The van der Waals surface area contributed by atoms with Crippen molar-refractivity contribution in [1.82, 2.24) is 5.32 Å². The molecule has 1 saturated heterocycles. The molecule has 0 radical (unpaired) electrons. The molecule has 1 rings (SSSR count). The van der Waals surface area contributed by atoms with Crippen molar-refractivity contribution in [2.24, 2.45) is 11.8 Å². The largest absolute Gasteiger partial charge is 0.316 e. The second kappa shape index (κ2) is 4.64. The summed E-state index contributed by atoms with van der Waals surface area (Å²) in [6.07, 6.45) is 1.08. The van der Waals surface area contributed by atoms with E-state index in [9.17, 15) is 4.39 Å². The maximum atomic E-state index is 13.0. The molecule has 0 aromatic carbocycles. The van der Waals surface area contributed by atoms with Crippen molar-refractivity contribution in [2.45, 2.75) is 19.0 Å². The molecule has 0 aromatic heterocycles. The Labute approximate surface area is 66.0 Å². The Morgan fingerprint density at radius 1 is 1.73 bits per heavy atom. The summed E-state index contributed by atoms with van der Waals surface area (Å²) >= 11 is 0. The molecule has 0 bridgehead atoms. The molecule has 1 fully saturated rings. The highest BCUT2D eigenvalue weighted by Crippen LogP contribution is 2.16. The van der Waals surface area contributed by atoms with Gasteiger partial charge in [0, 0.05) is 12.5 Å². The molecule has 2 unspecified atom stereocenters. The Morgan fingerprint density at radius 3 is 3.09 bits per heavy atom. The topological polar surface area (TPSA) is 47.3 Å². The van der Waals surface area contributed by atoms with E-state index >= 15 is 0 Å². The quantitative estimate of drug-likeness (QED) is 0.583. The average Bonchev–Trinajstić information content (AvgIpc) is 2.07. The molecular weight excluding hydrogens is 147 g/mol. The summed E-state index contributed by atoms with van der Waals surface area (Å²) in [5, 5.41) is 3.14. The van der Waals surface area contributed by atoms with Crippen LogP contribution in [0, 0.1) is 5.92 Å². The molecule has 1 aliphatic heterocycles. The zero-order chi connectivity index (χ0) is 8.10. The second-order valence-electron chi connectivity index (χ2n) is 2.96. The van der Waals surface area contributed by atoms with E-state index in [0.717, 1.165) is 25.9 Å². The van der Waals surface area contributed by atoms with Gasteiger partial charge in [0.15, 0.2) is 0 Å². The molecule has 0 saturated carbocycles. The van der Waals surface area contributed by atoms with Crippen LogP contribution in [0.1, 0.15) is 12.8 Å². The number of nitrogens with two attached hydrogens (primary N) is 1. The highest BCUT2D eigenvalue weighted by Gasteiger charge is 2.22. The van der Waals surface area contributed by atoms with E-state index in [1.165, 1.54) is 0 Å². The molecule has 3 nitrogen and oxygen atoms in total. The Kier molecular flexibility index (Phi) is 3.76. The molecule has 0 aliphatic carbocycles. The number of piperidine rings is 1. The predicted molar refractivity (Wildman–Crippen MR) is 40.6 cm³/mol. The van der Waals surface area contributed by atoms with Crippen LogP contribution in [0.15, 0.2) is 0 Å². The van der Waals surface area contributed by atoms with Crippen molar-refractivity contribution in [1.29, 1.82) is 0 Å². The first-order valence-corrected chi connectivity index (χ1v) is 4.01. The molecule has 0 amide bonds. The van der Waals surface area contributed by atoms with E-state index in [2.05, 4.69) is 10.2 Å². The molecule has 0 aromatic rings. The highest BCUT2D eigenvalue weighted by atomic mass is 19.1. The number of halogens is 1. The fourth-order valence-corrected chi connectivity index (χ4v) is 1.42. The molecule has 0 spiro atoms. The third-order valence-corrected chi connectivity index (χ3v) is 2.10. The molecule has 1 aliphatic rings. The molecule has 1 heterocycles. The number of alkyl halides is 1. The van der Waals surface area contributed by atoms with Crippen LogP contribution in [0.5, 0.6) is 0 Å². The van der Waals surface area contributed by atoms with Crippen LogP contribution in [-0.2, 0) is 4.84 Å². The van der Waals surface area contributed by atoms with Crippen molar-refractivity contribution in [2.75, 3.05) is 19.7 Å². The van der Waals surface area contributed by atoms with E-state index in [0.29, 0.717) is 0 Å². The smallest absolute Gasteiger partial charge is 0.129 e. The van der Waals surface area contributed by atoms with E-state index in [4.69, 9.17) is 5.90 Å². The molecule has 2 atom stereocenters. The zero-order valence-corrected chi connectivity index (χ0v) is 6.55. The average molecular weight is 162 g/mol. The van der Waals surface area contributed by atoms with Crippen molar-refractivity contribution < 1.29 is 9.23 Å². The summed E-state index contributed by atoms with van der Waals surface area (Å²) in [7, 11) is 0. The van der Waals surface area contributed by atoms with Crippen molar-refractivity contribution in [3.8, 4) is 0 Å². The van der Waals surface area contributed by atoms with Crippen LogP contribution < -0.4 is 11.2 Å². The lowest BCUT2D eigenvalue weighted by Crippen LogP contribution is -2.37. The van der Waals surface area contributed by atoms with Gasteiger partial charge >= 0.3 is 0 Å². The van der Waals surface area contributed by atoms with Crippen molar-refractivity contribution in [3.63, 3.8) is 0 Å². The molecule has 66 valence electrons. The Balaban J connectivity index is 2.21. The minimum absolute atomic E-state index is 0.0202. The van der Waals surface area contributed by atoms with Crippen LogP contribution >= 0.6 is 0 Å². The lowest BCUT2D eigenvalue weighted by Gasteiger charge is -2.24. The summed E-state index contributed by atoms with van der Waals surface area (Å²) < 4.78 is 13.0. The third-order valence-electron chi connectivity index (χ3n) is 2.10. The Bertz CT molecular complexity index is 107. The second-order valence-corrected chi connectivity index (χ2v) is 2.96. The minimum atomic E-state index is -0.909. The monoisotopic (exact) mass is 162 g/mol. The van der Waals surface area contributed by atoms with Gasteiger partial charge in [-0.15, -0.1) is 0 Å². The number of nitrogens with one attached hydrogen (secondary N) is 1. The van der Waals surface area contributed by atoms with Gasteiger partial charge in [-0.3, -0.25) is 0 Å². The SMILES string of the molecule is NOCC(F)C1CCCNC1. The van der Waals surface area contributed by atoms with E-state index < -0.39 is 6.17 Å². The van der Waals surface area contributed by atoms with Crippen LogP contribution in [0.25, 0.3) is 0 Å². The van der Waals surface area contributed by atoms with Gasteiger partial charge in [-0.05, 0) is 19.4 Å².